The van der Waals surface area contributed by atoms with E-state index >= 15 is 0 Å². The van der Waals surface area contributed by atoms with Crippen molar-refractivity contribution < 1.29 is 9.66 Å². The van der Waals surface area contributed by atoms with Crippen molar-refractivity contribution in [3.63, 3.8) is 0 Å². The molecule has 1 heterocycles. The number of non-ortho nitro benzene ring substituents is 1. The van der Waals surface area contributed by atoms with Crippen molar-refractivity contribution in [3.05, 3.63) is 75.1 Å². The Balaban J connectivity index is 1.66. The van der Waals surface area contributed by atoms with Gasteiger partial charge in [0.15, 0.2) is 11.0 Å². The van der Waals surface area contributed by atoms with Crippen LogP contribution in [0.15, 0.2) is 47.6 Å². The molecule has 146 valence electrons. The number of hydrogen-bond donors (Lipinski definition) is 0. The van der Waals surface area contributed by atoms with E-state index in [4.69, 9.17) is 4.74 Å². The van der Waals surface area contributed by atoms with E-state index < -0.39 is 4.92 Å². The van der Waals surface area contributed by atoms with E-state index in [-0.39, 0.29) is 5.69 Å². The van der Waals surface area contributed by atoms with Crippen molar-refractivity contribution >= 4 is 17.4 Å². The zero-order valence-electron chi connectivity index (χ0n) is 16.1. The van der Waals surface area contributed by atoms with Crippen molar-refractivity contribution in [2.24, 2.45) is 0 Å². The van der Waals surface area contributed by atoms with E-state index in [1.165, 1.54) is 17.7 Å². The zero-order chi connectivity index (χ0) is 20.1. The smallest absolute Gasteiger partial charge is 0.269 e. The average Bonchev–Trinajstić information content (AvgIpc) is 3.09. The summed E-state index contributed by atoms with van der Waals surface area (Å²) in [7, 11) is 0. The summed E-state index contributed by atoms with van der Waals surface area (Å²) < 4.78 is 7.99. The van der Waals surface area contributed by atoms with Crippen LogP contribution in [0.4, 0.5) is 5.69 Å². The predicted octanol–water partition coefficient (Wildman–Crippen LogP) is 4.69. The van der Waals surface area contributed by atoms with Gasteiger partial charge in [-0.2, -0.15) is 0 Å². The molecule has 0 aliphatic carbocycles. The van der Waals surface area contributed by atoms with Crippen LogP contribution >= 0.6 is 11.8 Å². The van der Waals surface area contributed by atoms with Crippen LogP contribution in [0.25, 0.3) is 0 Å². The summed E-state index contributed by atoms with van der Waals surface area (Å²) in [6.07, 6.45) is 0. The fraction of sp³-hybridized carbons (Fsp3) is 0.300. The number of ether oxygens (including phenoxy) is 1. The van der Waals surface area contributed by atoms with Crippen LogP contribution in [0, 0.1) is 24.0 Å². The van der Waals surface area contributed by atoms with Gasteiger partial charge in [0.2, 0.25) is 0 Å². The van der Waals surface area contributed by atoms with Gasteiger partial charge >= 0.3 is 0 Å². The fourth-order valence-corrected chi connectivity index (χ4v) is 3.71. The molecule has 0 aliphatic heterocycles. The Morgan fingerprint density at radius 2 is 1.89 bits per heavy atom. The van der Waals surface area contributed by atoms with Crippen LogP contribution in [0.2, 0.25) is 0 Å². The molecule has 0 amide bonds. The zero-order valence-corrected chi connectivity index (χ0v) is 16.9. The van der Waals surface area contributed by atoms with E-state index in [0.717, 1.165) is 34.4 Å². The van der Waals surface area contributed by atoms with Crippen molar-refractivity contribution in [3.8, 4) is 5.75 Å². The maximum Gasteiger partial charge on any atom is 0.269 e. The highest BCUT2D eigenvalue weighted by atomic mass is 32.2. The van der Waals surface area contributed by atoms with Crippen LogP contribution in [0.3, 0.4) is 0 Å². The summed E-state index contributed by atoms with van der Waals surface area (Å²) >= 11 is 1.55. The average molecular weight is 398 g/mol. The molecule has 0 atom stereocenters. The van der Waals surface area contributed by atoms with Gasteiger partial charge in [-0.15, -0.1) is 10.2 Å². The molecule has 0 radical (unpaired) electrons. The van der Waals surface area contributed by atoms with Crippen molar-refractivity contribution in [2.75, 3.05) is 0 Å². The number of nitro groups is 1. The Bertz CT molecular complexity index is 970. The van der Waals surface area contributed by atoms with Crippen molar-refractivity contribution in [2.45, 2.75) is 44.8 Å². The predicted molar refractivity (Wildman–Crippen MR) is 109 cm³/mol. The third-order valence-electron chi connectivity index (χ3n) is 4.54. The largest absolute Gasteiger partial charge is 0.485 e. The quantitative estimate of drug-likeness (QED) is 0.311. The van der Waals surface area contributed by atoms with Gasteiger partial charge in [0, 0.05) is 24.4 Å². The number of benzene rings is 2. The molecule has 0 unspecified atom stereocenters. The van der Waals surface area contributed by atoms with Crippen LogP contribution < -0.4 is 4.74 Å². The molecular formula is C20H22N4O3S. The fourth-order valence-electron chi connectivity index (χ4n) is 2.73. The van der Waals surface area contributed by atoms with Gasteiger partial charge in [0.25, 0.3) is 5.69 Å². The van der Waals surface area contributed by atoms with E-state index in [1.807, 2.05) is 30.5 Å². The number of aromatic nitrogens is 3. The lowest BCUT2D eigenvalue weighted by molar-refractivity contribution is -0.384. The number of thioether (sulfide) groups is 1. The normalized spacial score (nSPS) is 10.8. The second kappa shape index (κ2) is 8.88. The van der Waals surface area contributed by atoms with Gasteiger partial charge in [-0.25, -0.2) is 0 Å². The Morgan fingerprint density at radius 1 is 1.14 bits per heavy atom. The Hall–Kier alpha value is -2.87. The Kier molecular flexibility index (Phi) is 6.30. The van der Waals surface area contributed by atoms with Crippen LogP contribution in [0.1, 0.15) is 29.4 Å². The number of rotatable bonds is 8. The molecule has 0 bridgehead atoms. The minimum Gasteiger partial charge on any atom is -0.485 e. The first-order chi connectivity index (χ1) is 13.5. The molecule has 0 spiro atoms. The van der Waals surface area contributed by atoms with Gasteiger partial charge in [0.05, 0.1) is 4.92 Å². The van der Waals surface area contributed by atoms with Gasteiger partial charge in [0.1, 0.15) is 12.4 Å². The monoisotopic (exact) mass is 398 g/mol. The molecule has 2 aromatic carbocycles. The Morgan fingerprint density at radius 3 is 2.57 bits per heavy atom. The molecule has 28 heavy (non-hydrogen) atoms. The number of aryl methyl sites for hydroxylation is 1. The van der Waals surface area contributed by atoms with E-state index in [0.29, 0.717) is 12.4 Å². The lowest BCUT2D eigenvalue weighted by Gasteiger charge is -2.11. The van der Waals surface area contributed by atoms with Gasteiger partial charge in [-0.05, 0) is 43.5 Å². The summed E-state index contributed by atoms with van der Waals surface area (Å²) in [4.78, 5) is 10.4. The van der Waals surface area contributed by atoms with Gasteiger partial charge in [-0.1, -0.05) is 36.0 Å². The maximum atomic E-state index is 10.7. The standard InChI is InChI=1S/C20H22N4O3S/c1-4-23-19(12-27-18-7-5-6-14(2)15(18)3)21-22-20(23)28-13-16-8-10-17(11-9-16)24(25)26/h5-11H,4,12-13H2,1-3H3. The van der Waals surface area contributed by atoms with E-state index in [2.05, 4.69) is 23.2 Å². The van der Waals surface area contributed by atoms with Gasteiger partial charge < -0.3 is 9.30 Å². The van der Waals surface area contributed by atoms with Crippen molar-refractivity contribution in [1.82, 2.24) is 14.8 Å². The molecule has 3 rings (SSSR count). The van der Waals surface area contributed by atoms with E-state index in [1.54, 1.807) is 23.9 Å². The highest BCUT2D eigenvalue weighted by molar-refractivity contribution is 7.98. The SMILES string of the molecule is CCn1c(COc2cccc(C)c2C)nnc1SCc1ccc([N+](=O)[O-])cc1. The summed E-state index contributed by atoms with van der Waals surface area (Å²) in [5, 5.41) is 20.1. The van der Waals surface area contributed by atoms with Crippen LogP contribution in [-0.4, -0.2) is 19.7 Å². The topological polar surface area (TPSA) is 83.1 Å². The first-order valence-electron chi connectivity index (χ1n) is 8.96. The lowest BCUT2D eigenvalue weighted by Crippen LogP contribution is -2.07. The second-order valence-electron chi connectivity index (χ2n) is 6.34. The molecule has 0 saturated heterocycles. The minimum atomic E-state index is -0.396. The summed E-state index contributed by atoms with van der Waals surface area (Å²) in [5.41, 5.74) is 3.40. The van der Waals surface area contributed by atoms with Crippen molar-refractivity contribution in [1.29, 1.82) is 0 Å². The van der Waals surface area contributed by atoms with Crippen LogP contribution in [-0.2, 0) is 18.9 Å². The number of hydrogen-bond acceptors (Lipinski definition) is 6. The minimum absolute atomic E-state index is 0.0938. The van der Waals surface area contributed by atoms with E-state index in [9.17, 15) is 10.1 Å². The van der Waals surface area contributed by atoms with Crippen LogP contribution in [0.5, 0.6) is 5.75 Å². The third-order valence-corrected chi connectivity index (χ3v) is 5.57. The molecule has 0 saturated carbocycles. The molecule has 0 N–H and O–H groups in total. The summed E-state index contributed by atoms with van der Waals surface area (Å²) in [5.74, 6) is 2.29. The second-order valence-corrected chi connectivity index (χ2v) is 7.28. The summed E-state index contributed by atoms with van der Waals surface area (Å²) in [6, 6.07) is 12.6. The highest BCUT2D eigenvalue weighted by Crippen LogP contribution is 2.25. The number of nitrogens with zero attached hydrogens (tertiary/aromatic N) is 4. The first kappa shape index (κ1) is 19.9. The molecule has 0 fully saturated rings. The molecular weight excluding hydrogens is 376 g/mol. The maximum absolute atomic E-state index is 10.7. The molecule has 7 nitrogen and oxygen atoms in total. The molecule has 8 heteroatoms. The first-order valence-corrected chi connectivity index (χ1v) is 9.95. The summed E-state index contributed by atoms with van der Waals surface area (Å²) in [6.45, 7) is 7.23. The molecule has 0 aliphatic rings. The van der Waals surface area contributed by atoms with Gasteiger partial charge in [-0.3, -0.25) is 10.1 Å². The Labute approximate surface area is 167 Å². The molecule has 1 aromatic heterocycles. The number of nitro benzene ring substituents is 1. The molecule has 3 aromatic rings. The lowest BCUT2D eigenvalue weighted by atomic mass is 10.1. The highest BCUT2D eigenvalue weighted by Gasteiger charge is 2.13. The third kappa shape index (κ3) is 4.51.